The first kappa shape index (κ1) is 16.5. The quantitative estimate of drug-likeness (QED) is 0.300. The van der Waals surface area contributed by atoms with Crippen LogP contribution in [0.2, 0.25) is 0 Å². The van der Waals surface area contributed by atoms with Crippen molar-refractivity contribution >= 4 is 16.0 Å². The molecule has 1 atom stereocenters. The third-order valence-corrected chi connectivity index (χ3v) is 2.43. The van der Waals surface area contributed by atoms with Crippen LogP contribution in [0.4, 0.5) is 0 Å². The van der Waals surface area contributed by atoms with Crippen molar-refractivity contribution in [2.45, 2.75) is 13.3 Å². The van der Waals surface area contributed by atoms with Crippen LogP contribution in [0.25, 0.3) is 0 Å². The molecule has 0 aromatic carbocycles. The minimum Gasteiger partial charge on any atom is -1.00 e. The first-order valence-corrected chi connectivity index (χ1v) is 5.26. The molecule has 5 nitrogen and oxygen atoms in total. The Kier molecular flexibility index (Phi) is 7.77. The van der Waals surface area contributed by atoms with Crippen molar-refractivity contribution in [3.05, 3.63) is 12.2 Å². The predicted octanol–water partition coefficient (Wildman–Crippen LogP) is -2.94. The van der Waals surface area contributed by atoms with E-state index in [1.807, 2.05) is 0 Å². The fourth-order valence-electron chi connectivity index (χ4n) is 0.940. The van der Waals surface area contributed by atoms with Crippen LogP contribution < -0.4 is 35.3 Å². The molecular formula is C7H14NNaO4S. The van der Waals surface area contributed by atoms with Gasteiger partial charge in [-0.25, -0.2) is 0 Å². The molecule has 1 unspecified atom stereocenters. The van der Waals surface area contributed by atoms with E-state index in [-0.39, 0.29) is 54.6 Å². The summed E-state index contributed by atoms with van der Waals surface area (Å²) < 4.78 is 29.3. The maximum Gasteiger partial charge on any atom is 1.00 e. The van der Waals surface area contributed by atoms with Gasteiger partial charge in [-0.2, -0.15) is 8.42 Å². The van der Waals surface area contributed by atoms with Gasteiger partial charge in [-0.3, -0.25) is 9.35 Å². The molecule has 0 bridgehead atoms. The van der Waals surface area contributed by atoms with Crippen LogP contribution in [-0.2, 0) is 14.9 Å². The van der Waals surface area contributed by atoms with Gasteiger partial charge in [-0.1, -0.05) is 13.5 Å². The van der Waals surface area contributed by atoms with E-state index in [2.05, 4.69) is 6.58 Å². The molecule has 0 aliphatic rings. The normalized spacial score (nSPS) is 12.7. The largest absolute Gasteiger partial charge is 1.00 e. The number of hydrogen-bond acceptors (Lipinski definition) is 3. The van der Waals surface area contributed by atoms with Gasteiger partial charge in [0.05, 0.1) is 5.75 Å². The van der Waals surface area contributed by atoms with Gasteiger partial charge in [0.1, 0.15) is 0 Å². The molecule has 0 radical (unpaired) electrons. The second-order valence-electron chi connectivity index (χ2n) is 3.03. The average molecular weight is 231 g/mol. The van der Waals surface area contributed by atoms with E-state index < -0.39 is 16.0 Å². The summed E-state index contributed by atoms with van der Waals surface area (Å²) in [5.74, 6) is -1.41. The third kappa shape index (κ3) is 8.71. The molecule has 1 amide bonds. The Morgan fingerprint density at radius 2 is 2.07 bits per heavy atom. The summed E-state index contributed by atoms with van der Waals surface area (Å²) in [4.78, 5) is 10.5. The van der Waals surface area contributed by atoms with E-state index in [9.17, 15) is 13.2 Å². The summed E-state index contributed by atoms with van der Waals surface area (Å²) >= 11 is 0. The third-order valence-electron chi connectivity index (χ3n) is 1.44. The zero-order valence-electron chi connectivity index (χ0n) is 9.36. The van der Waals surface area contributed by atoms with Crippen LogP contribution in [0.5, 0.6) is 0 Å². The number of nitrogens with two attached hydrogens (primary N) is 1. The van der Waals surface area contributed by atoms with Crippen molar-refractivity contribution < 1.29 is 48.7 Å². The van der Waals surface area contributed by atoms with Crippen LogP contribution in [0.3, 0.4) is 0 Å². The predicted molar refractivity (Wildman–Crippen MR) is 49.6 cm³/mol. The Labute approximate surface area is 107 Å². The van der Waals surface area contributed by atoms with E-state index in [1.54, 1.807) is 6.92 Å². The zero-order valence-corrected chi connectivity index (χ0v) is 11.2. The van der Waals surface area contributed by atoms with E-state index in [4.69, 9.17) is 10.3 Å². The Balaban J connectivity index is -0.000000720. The number of primary amides is 1. The molecule has 0 fully saturated rings. The van der Waals surface area contributed by atoms with Gasteiger partial charge in [0.25, 0.3) is 10.1 Å². The molecule has 7 heteroatoms. The van der Waals surface area contributed by atoms with Crippen molar-refractivity contribution in [1.82, 2.24) is 0 Å². The second-order valence-corrected chi connectivity index (χ2v) is 4.52. The van der Waals surface area contributed by atoms with Crippen molar-refractivity contribution in [3.8, 4) is 0 Å². The van der Waals surface area contributed by atoms with Crippen molar-refractivity contribution in [2.75, 3.05) is 5.75 Å². The van der Waals surface area contributed by atoms with Crippen LogP contribution in [0.15, 0.2) is 12.2 Å². The maximum atomic E-state index is 10.5. The van der Waals surface area contributed by atoms with E-state index in [1.165, 1.54) is 0 Å². The molecule has 0 aliphatic carbocycles. The van der Waals surface area contributed by atoms with Gasteiger partial charge < -0.3 is 7.16 Å². The Hall–Kier alpha value is 0.120. The number of carbonyl (C=O) groups is 1. The van der Waals surface area contributed by atoms with Crippen LogP contribution >= 0.6 is 0 Å². The fraction of sp³-hybridized carbons (Fsp3) is 0.571. The van der Waals surface area contributed by atoms with Gasteiger partial charge >= 0.3 is 29.6 Å². The van der Waals surface area contributed by atoms with Gasteiger partial charge in [0.2, 0.25) is 5.91 Å². The summed E-state index contributed by atoms with van der Waals surface area (Å²) in [7, 11) is -3.99. The first-order valence-electron chi connectivity index (χ1n) is 3.65. The summed E-state index contributed by atoms with van der Waals surface area (Å²) in [6.07, 6.45) is 0.176. The van der Waals surface area contributed by atoms with E-state index in [0.717, 1.165) is 0 Å². The molecule has 0 aromatic rings. The number of amides is 1. The smallest absolute Gasteiger partial charge is 1.00 e. The van der Waals surface area contributed by atoms with Crippen LogP contribution in [-0.4, -0.2) is 24.6 Å². The summed E-state index contributed by atoms with van der Waals surface area (Å²) in [5.41, 5.74) is 5.06. The monoisotopic (exact) mass is 231 g/mol. The van der Waals surface area contributed by atoms with Crippen molar-refractivity contribution in [2.24, 2.45) is 11.7 Å². The molecule has 0 rings (SSSR count). The van der Waals surface area contributed by atoms with Crippen LogP contribution in [0.1, 0.15) is 14.8 Å². The first-order chi connectivity index (χ1) is 5.72. The van der Waals surface area contributed by atoms with Crippen molar-refractivity contribution in [1.29, 1.82) is 0 Å². The molecule has 0 saturated heterocycles. The molecule has 78 valence electrons. The molecule has 0 aromatic heterocycles. The van der Waals surface area contributed by atoms with Gasteiger partial charge in [-0.15, -0.1) is 0 Å². The summed E-state index contributed by atoms with van der Waals surface area (Å²) in [5, 5.41) is 0. The standard InChI is InChI=1S/C7H13NO4S.Na.H/c1-5(4-13(10,11)12)3-6(2)7(8)9;;/h5H,2-4H2,1H3,(H2,8,9)(H,10,11,12);;/q;+1;-1. The van der Waals surface area contributed by atoms with E-state index >= 15 is 0 Å². The molecule has 14 heavy (non-hydrogen) atoms. The van der Waals surface area contributed by atoms with Crippen molar-refractivity contribution in [3.63, 3.8) is 0 Å². The Bertz CT molecular complexity index is 317. The average Bonchev–Trinajstić information content (AvgIpc) is 1.81. The molecule has 0 aliphatic heterocycles. The molecule has 0 spiro atoms. The minimum absolute atomic E-state index is 0. The molecular weight excluding hydrogens is 217 g/mol. The summed E-state index contributed by atoms with van der Waals surface area (Å²) in [6.45, 7) is 4.96. The number of carbonyl (C=O) groups excluding carboxylic acids is 1. The van der Waals surface area contributed by atoms with Gasteiger partial charge in [-0.05, 0) is 12.3 Å². The van der Waals surface area contributed by atoms with Gasteiger partial charge in [0.15, 0.2) is 0 Å². The van der Waals surface area contributed by atoms with E-state index in [0.29, 0.717) is 0 Å². The van der Waals surface area contributed by atoms with Crippen LogP contribution in [0, 0.1) is 5.92 Å². The molecule has 0 heterocycles. The number of hydrogen-bond donors (Lipinski definition) is 2. The second kappa shape index (κ2) is 6.58. The van der Waals surface area contributed by atoms with Gasteiger partial charge in [0, 0.05) is 5.57 Å². The Morgan fingerprint density at radius 3 is 2.36 bits per heavy atom. The minimum atomic E-state index is -3.99. The number of rotatable bonds is 5. The summed E-state index contributed by atoms with van der Waals surface area (Å²) in [6, 6.07) is 0. The fourth-order valence-corrected chi connectivity index (χ4v) is 1.78. The molecule has 0 saturated carbocycles. The topological polar surface area (TPSA) is 97.5 Å². The zero-order chi connectivity index (χ0) is 10.6. The SMILES string of the molecule is C=C(CC(C)CS(=O)(=O)O)C(N)=O.[H-].[Na+]. The maximum absolute atomic E-state index is 10.5. The Morgan fingerprint density at radius 1 is 1.64 bits per heavy atom. The molecule has 3 N–H and O–H groups in total.